The third-order valence-corrected chi connectivity index (χ3v) is 8.50. The number of rotatable bonds is 9. The minimum atomic E-state index is -4.38. The number of carbonyl (C=O) groups excluding carboxylic acids is 1. The molecule has 0 unspecified atom stereocenters. The fourth-order valence-electron chi connectivity index (χ4n) is 4.94. The summed E-state index contributed by atoms with van der Waals surface area (Å²) >= 11 is 6.89. The molecule has 1 fully saturated rings. The molecule has 12 heteroatoms. The number of thiocarbonyl (C=S) groups is 1. The zero-order valence-electron chi connectivity index (χ0n) is 25.1. The second-order valence-corrected chi connectivity index (χ2v) is 12.4. The number of nitrogens with one attached hydrogen (secondary N) is 1. The molecular weight excluding hydrogens is 618 g/mol. The minimum Gasteiger partial charge on any atom is -0.361 e. The Morgan fingerprint density at radius 3 is 2.49 bits per heavy atom. The second-order valence-electron chi connectivity index (χ2n) is 11.1. The average molecular weight is 651 g/mol. The lowest BCUT2D eigenvalue weighted by Gasteiger charge is -2.22. The van der Waals surface area contributed by atoms with Gasteiger partial charge in [0.1, 0.15) is 6.33 Å². The van der Waals surface area contributed by atoms with Crippen molar-refractivity contribution in [3.05, 3.63) is 95.3 Å². The monoisotopic (exact) mass is 650 g/mol. The molecule has 1 aliphatic rings. The second kappa shape index (κ2) is 13.9. The SMILES string of the molecule is Cc1ccc(C(C)C)c(N2C(=O)CS/C2=N\C(=S)NCCCCc2ccc(-c3ncn(-c4ccc(C(F)(F)F)cc4)n3)cc2)c1. The standard InChI is InChI=1S/C33H33F3N6OS2/c1-21(2)27-16-7-22(3)18-28(27)42-29(43)19-45-32(42)39-31(44)37-17-5-4-6-23-8-10-24(11-9-23)30-38-20-41(40-30)26-14-12-25(13-15-26)33(34,35)36/h7-16,18,20-21H,4-6,17,19H2,1-3H3,(H,37,44)/b39-32-. The third kappa shape index (κ3) is 7.98. The van der Waals surface area contributed by atoms with Crippen LogP contribution in [0.25, 0.3) is 17.1 Å². The Balaban J connectivity index is 1.10. The van der Waals surface area contributed by atoms with E-state index in [9.17, 15) is 18.0 Å². The van der Waals surface area contributed by atoms with E-state index in [1.54, 1.807) is 4.90 Å². The topological polar surface area (TPSA) is 75.4 Å². The number of anilines is 1. The van der Waals surface area contributed by atoms with Crippen LogP contribution in [0.5, 0.6) is 0 Å². The van der Waals surface area contributed by atoms with Crippen molar-refractivity contribution in [3.8, 4) is 17.1 Å². The predicted molar refractivity (Wildman–Crippen MR) is 178 cm³/mol. The number of amidine groups is 1. The summed E-state index contributed by atoms with van der Waals surface area (Å²) < 4.78 is 40.0. The first-order valence-electron chi connectivity index (χ1n) is 14.6. The van der Waals surface area contributed by atoms with Gasteiger partial charge in [0, 0.05) is 12.1 Å². The van der Waals surface area contributed by atoms with Gasteiger partial charge in [-0.2, -0.15) is 18.2 Å². The van der Waals surface area contributed by atoms with E-state index in [1.165, 1.54) is 40.5 Å². The molecule has 1 amide bonds. The normalized spacial score (nSPS) is 14.5. The first kappa shape index (κ1) is 32.4. The lowest BCUT2D eigenvalue weighted by atomic mass is 9.99. The molecule has 7 nitrogen and oxygen atoms in total. The highest BCUT2D eigenvalue weighted by Crippen LogP contribution is 2.34. The van der Waals surface area contributed by atoms with Gasteiger partial charge in [0.05, 0.1) is 22.7 Å². The molecular formula is C33H33F3N6OS2. The molecule has 0 saturated carbocycles. The van der Waals surface area contributed by atoms with Crippen LogP contribution in [-0.2, 0) is 17.4 Å². The number of carbonyl (C=O) groups is 1. The molecule has 1 saturated heterocycles. The van der Waals surface area contributed by atoms with Crippen molar-refractivity contribution in [2.45, 2.75) is 52.1 Å². The van der Waals surface area contributed by atoms with Crippen molar-refractivity contribution in [1.29, 1.82) is 0 Å². The zero-order chi connectivity index (χ0) is 32.1. The molecule has 1 aromatic heterocycles. The number of thioether (sulfide) groups is 1. The van der Waals surface area contributed by atoms with Crippen molar-refractivity contribution >= 4 is 45.9 Å². The molecule has 0 aliphatic carbocycles. The van der Waals surface area contributed by atoms with Crippen LogP contribution in [0.4, 0.5) is 18.9 Å². The van der Waals surface area contributed by atoms with Crippen LogP contribution in [0, 0.1) is 6.92 Å². The Kier molecular flexibility index (Phi) is 10.0. The van der Waals surface area contributed by atoms with Crippen LogP contribution >= 0.6 is 24.0 Å². The van der Waals surface area contributed by atoms with Crippen LogP contribution in [0.1, 0.15) is 54.9 Å². The number of amides is 1. The van der Waals surface area contributed by atoms with E-state index < -0.39 is 11.7 Å². The van der Waals surface area contributed by atoms with E-state index in [1.807, 2.05) is 37.3 Å². The van der Waals surface area contributed by atoms with Crippen LogP contribution < -0.4 is 10.2 Å². The van der Waals surface area contributed by atoms with Gasteiger partial charge < -0.3 is 5.32 Å². The van der Waals surface area contributed by atoms with Gasteiger partial charge in [-0.05, 0) is 91.3 Å². The highest BCUT2D eigenvalue weighted by molar-refractivity contribution is 8.15. The number of benzene rings is 3. The molecule has 0 radical (unpaired) electrons. The zero-order valence-corrected chi connectivity index (χ0v) is 26.8. The fraction of sp³-hybridized carbons (Fsp3) is 0.303. The molecule has 1 N–H and O–H groups in total. The third-order valence-electron chi connectivity index (χ3n) is 7.34. The number of halogens is 3. The van der Waals surface area contributed by atoms with Gasteiger partial charge in [0.25, 0.3) is 0 Å². The molecule has 3 aromatic carbocycles. The van der Waals surface area contributed by atoms with Crippen LogP contribution in [0.15, 0.2) is 78.0 Å². The maximum Gasteiger partial charge on any atom is 0.416 e. The summed E-state index contributed by atoms with van der Waals surface area (Å²) in [4.78, 5) is 23.4. The highest BCUT2D eigenvalue weighted by Gasteiger charge is 2.32. The van der Waals surface area contributed by atoms with E-state index in [-0.39, 0.29) is 11.8 Å². The number of hydrogen-bond acceptors (Lipinski definition) is 5. The Morgan fingerprint density at radius 2 is 1.80 bits per heavy atom. The summed E-state index contributed by atoms with van der Waals surface area (Å²) in [6.45, 7) is 6.90. The van der Waals surface area contributed by atoms with Crippen molar-refractivity contribution in [2.75, 3.05) is 17.2 Å². The smallest absolute Gasteiger partial charge is 0.361 e. The van der Waals surface area contributed by atoms with Gasteiger partial charge >= 0.3 is 6.18 Å². The van der Waals surface area contributed by atoms with Gasteiger partial charge in [0.2, 0.25) is 5.91 Å². The van der Waals surface area contributed by atoms with E-state index in [2.05, 4.69) is 46.4 Å². The predicted octanol–water partition coefficient (Wildman–Crippen LogP) is 7.72. The van der Waals surface area contributed by atoms with Gasteiger partial charge in [-0.1, -0.05) is 62.0 Å². The Hall–Kier alpha value is -4.03. The van der Waals surface area contributed by atoms with Gasteiger partial charge in [-0.3, -0.25) is 9.69 Å². The summed E-state index contributed by atoms with van der Waals surface area (Å²) in [6.07, 6.45) is -0.198. The molecule has 0 spiro atoms. The molecule has 4 aromatic rings. The van der Waals surface area contributed by atoms with Gasteiger partial charge in [-0.15, -0.1) is 5.10 Å². The van der Waals surface area contributed by atoms with Crippen LogP contribution in [0.3, 0.4) is 0 Å². The van der Waals surface area contributed by atoms with Crippen LogP contribution in [-0.4, -0.2) is 43.2 Å². The maximum atomic E-state index is 12.8. The molecule has 5 rings (SSSR count). The summed E-state index contributed by atoms with van der Waals surface area (Å²) in [5, 5.41) is 8.59. The Bertz CT molecular complexity index is 1700. The minimum absolute atomic E-state index is 0.00310. The van der Waals surface area contributed by atoms with Crippen molar-refractivity contribution in [1.82, 2.24) is 20.1 Å². The van der Waals surface area contributed by atoms with Gasteiger partial charge in [0.15, 0.2) is 16.1 Å². The first-order valence-corrected chi connectivity index (χ1v) is 16.0. The highest BCUT2D eigenvalue weighted by atomic mass is 32.2. The number of hydrogen-bond donors (Lipinski definition) is 1. The maximum absolute atomic E-state index is 12.8. The molecule has 0 bridgehead atoms. The quantitative estimate of drug-likeness (QED) is 0.148. The van der Waals surface area contributed by atoms with Crippen molar-refractivity contribution in [2.24, 2.45) is 4.99 Å². The molecule has 0 atom stereocenters. The summed E-state index contributed by atoms with van der Waals surface area (Å²) in [5.74, 6) is 1.09. The van der Waals surface area contributed by atoms with Crippen molar-refractivity contribution in [3.63, 3.8) is 0 Å². The number of aryl methyl sites for hydroxylation is 2. The summed E-state index contributed by atoms with van der Waals surface area (Å²) in [7, 11) is 0. The van der Waals surface area contributed by atoms with Crippen molar-refractivity contribution < 1.29 is 18.0 Å². The lowest BCUT2D eigenvalue weighted by Crippen LogP contribution is -2.32. The molecule has 45 heavy (non-hydrogen) atoms. The number of aliphatic imine (C=N–C) groups is 1. The summed E-state index contributed by atoms with van der Waals surface area (Å²) in [5.41, 5.74) is 4.82. The van der Waals surface area contributed by atoms with E-state index in [4.69, 9.17) is 12.2 Å². The molecule has 234 valence electrons. The van der Waals surface area contributed by atoms with Gasteiger partial charge in [-0.25, -0.2) is 9.67 Å². The molecule has 2 heterocycles. The Labute approximate surface area is 270 Å². The Morgan fingerprint density at radius 1 is 1.07 bits per heavy atom. The number of unbranched alkanes of at least 4 members (excludes halogenated alkanes) is 1. The van der Waals surface area contributed by atoms with Crippen LogP contribution in [0.2, 0.25) is 0 Å². The molecule has 1 aliphatic heterocycles. The fourth-order valence-corrected chi connectivity index (χ4v) is 6.05. The van der Waals surface area contributed by atoms with E-state index in [0.29, 0.717) is 34.1 Å². The first-order chi connectivity index (χ1) is 21.5. The average Bonchev–Trinajstić information content (AvgIpc) is 3.64. The number of alkyl halides is 3. The summed E-state index contributed by atoms with van der Waals surface area (Å²) in [6, 6.07) is 18.9. The van der Waals surface area contributed by atoms with E-state index >= 15 is 0 Å². The number of nitrogens with zero attached hydrogens (tertiary/aromatic N) is 5. The largest absolute Gasteiger partial charge is 0.416 e. The lowest BCUT2D eigenvalue weighted by molar-refractivity contribution is -0.137. The van der Waals surface area contributed by atoms with E-state index in [0.717, 1.165) is 53.8 Å². The number of aromatic nitrogens is 3.